The number of hydrogen-bond acceptors (Lipinski definition) is 6. The minimum absolute atomic E-state index is 0.246. The van der Waals surface area contributed by atoms with Crippen molar-refractivity contribution in [2.75, 3.05) is 48.8 Å². The molecule has 0 unspecified atom stereocenters. The summed E-state index contributed by atoms with van der Waals surface area (Å²) in [6.07, 6.45) is 3.18. The van der Waals surface area contributed by atoms with E-state index in [2.05, 4.69) is 60.5 Å². The number of carbonyl (C=O) groups is 1. The number of rotatable bonds is 5. The SMILES string of the molecule is Cc1cccc(C#[N+]c2ccc(C)c(C(=O)Nc3cnc(Nc4ccc(N5CCN(C)CC5)cc4)nc3)c2)c1. The van der Waals surface area contributed by atoms with Crippen molar-refractivity contribution in [1.82, 2.24) is 14.9 Å². The van der Waals surface area contributed by atoms with Crippen molar-refractivity contribution >= 4 is 34.6 Å². The van der Waals surface area contributed by atoms with Crippen LogP contribution in [-0.2, 0) is 0 Å². The Morgan fingerprint density at radius 2 is 1.64 bits per heavy atom. The molecule has 0 aliphatic carbocycles. The summed E-state index contributed by atoms with van der Waals surface area (Å²) in [7, 11) is 2.16. The number of anilines is 4. The lowest BCUT2D eigenvalue weighted by atomic mass is 10.1. The summed E-state index contributed by atoms with van der Waals surface area (Å²) in [5.74, 6) is 0.212. The van der Waals surface area contributed by atoms with Crippen LogP contribution < -0.4 is 15.5 Å². The van der Waals surface area contributed by atoms with Crippen LogP contribution in [0, 0.1) is 19.9 Å². The van der Waals surface area contributed by atoms with Gasteiger partial charge in [-0.25, -0.2) is 9.97 Å². The van der Waals surface area contributed by atoms with Crippen molar-refractivity contribution in [3.63, 3.8) is 0 Å². The number of nitrogens with zero attached hydrogens (tertiary/aromatic N) is 5. The third-order valence-electron chi connectivity index (χ3n) is 6.70. The summed E-state index contributed by atoms with van der Waals surface area (Å²) >= 11 is 0. The molecule has 196 valence electrons. The molecule has 2 heterocycles. The summed E-state index contributed by atoms with van der Waals surface area (Å²) in [4.78, 5) is 30.9. The summed E-state index contributed by atoms with van der Waals surface area (Å²) in [6, 6.07) is 24.8. The first-order valence-corrected chi connectivity index (χ1v) is 13.0. The number of benzene rings is 3. The second-order valence-electron chi connectivity index (χ2n) is 9.80. The highest BCUT2D eigenvalue weighted by Gasteiger charge is 2.16. The van der Waals surface area contributed by atoms with Gasteiger partial charge in [-0.3, -0.25) is 4.79 Å². The van der Waals surface area contributed by atoms with Crippen LogP contribution in [0.25, 0.3) is 4.85 Å². The van der Waals surface area contributed by atoms with E-state index in [4.69, 9.17) is 0 Å². The first-order chi connectivity index (χ1) is 18.9. The van der Waals surface area contributed by atoms with Crippen LogP contribution in [-0.4, -0.2) is 54.0 Å². The highest BCUT2D eigenvalue weighted by atomic mass is 16.1. The average Bonchev–Trinajstić information content (AvgIpc) is 2.94. The molecule has 39 heavy (non-hydrogen) atoms. The van der Waals surface area contributed by atoms with Gasteiger partial charge in [-0.1, -0.05) is 18.2 Å². The van der Waals surface area contributed by atoms with Gasteiger partial charge in [0, 0.05) is 49.7 Å². The van der Waals surface area contributed by atoms with E-state index in [-0.39, 0.29) is 5.91 Å². The highest BCUT2D eigenvalue weighted by molar-refractivity contribution is 6.05. The Hall–Kier alpha value is -4.74. The Kier molecular flexibility index (Phi) is 7.80. The third-order valence-corrected chi connectivity index (χ3v) is 6.70. The summed E-state index contributed by atoms with van der Waals surface area (Å²) in [6.45, 7) is 8.12. The molecule has 1 amide bonds. The van der Waals surface area contributed by atoms with Crippen molar-refractivity contribution in [2.24, 2.45) is 0 Å². The van der Waals surface area contributed by atoms with E-state index in [1.165, 1.54) is 5.69 Å². The maximum Gasteiger partial charge on any atom is 0.341 e. The van der Waals surface area contributed by atoms with Crippen LogP contribution in [0.3, 0.4) is 0 Å². The highest BCUT2D eigenvalue weighted by Crippen LogP contribution is 2.22. The fourth-order valence-electron chi connectivity index (χ4n) is 4.37. The van der Waals surface area contributed by atoms with E-state index in [1.54, 1.807) is 18.5 Å². The van der Waals surface area contributed by atoms with Crippen LogP contribution in [0.2, 0.25) is 0 Å². The maximum absolute atomic E-state index is 13.0. The second kappa shape index (κ2) is 11.8. The molecule has 0 saturated carbocycles. The molecule has 1 aliphatic rings. The van der Waals surface area contributed by atoms with Crippen molar-refractivity contribution in [1.29, 1.82) is 0 Å². The van der Waals surface area contributed by atoms with Gasteiger partial charge in [0.1, 0.15) is 5.56 Å². The zero-order valence-corrected chi connectivity index (χ0v) is 22.5. The third kappa shape index (κ3) is 6.78. The van der Waals surface area contributed by atoms with Gasteiger partial charge in [0.05, 0.1) is 23.6 Å². The van der Waals surface area contributed by atoms with E-state index < -0.39 is 0 Å². The van der Waals surface area contributed by atoms with Crippen LogP contribution in [0.15, 0.2) is 79.1 Å². The van der Waals surface area contributed by atoms with Gasteiger partial charge in [0.25, 0.3) is 5.91 Å². The van der Waals surface area contributed by atoms with E-state index in [0.717, 1.165) is 48.6 Å². The van der Waals surface area contributed by atoms with E-state index in [9.17, 15) is 4.79 Å². The first-order valence-electron chi connectivity index (χ1n) is 13.0. The molecule has 2 N–H and O–H groups in total. The molecule has 0 atom stereocenters. The normalized spacial score (nSPS) is 13.4. The van der Waals surface area contributed by atoms with Gasteiger partial charge in [0.15, 0.2) is 0 Å². The molecule has 0 bridgehead atoms. The Morgan fingerprint density at radius 3 is 2.36 bits per heavy atom. The topological polar surface area (TPSA) is 77.8 Å². The number of amides is 1. The summed E-state index contributed by atoms with van der Waals surface area (Å²) in [5, 5.41) is 6.10. The lowest BCUT2D eigenvalue weighted by Gasteiger charge is -2.34. The van der Waals surface area contributed by atoms with Crippen molar-refractivity contribution < 1.29 is 4.79 Å². The number of aromatic nitrogens is 2. The molecule has 4 aromatic rings. The summed E-state index contributed by atoms with van der Waals surface area (Å²) in [5.41, 5.74) is 6.69. The molecule has 1 aliphatic heterocycles. The standard InChI is InChI=1S/C31H31N7O/c1-22-5-4-6-24(17-22)19-32-26-8-7-23(2)29(18-26)30(39)35-27-20-33-31(34-21-27)36-25-9-11-28(12-10-25)38-15-13-37(3)14-16-38/h4-12,17-18,20-21H,13-16H2,1-3H3,(H-,33,34,35,36,39)/p+1. The first kappa shape index (κ1) is 25.9. The summed E-state index contributed by atoms with van der Waals surface area (Å²) < 4.78 is 0. The lowest BCUT2D eigenvalue weighted by molar-refractivity contribution is 0.102. The smallest absolute Gasteiger partial charge is 0.341 e. The zero-order valence-electron chi connectivity index (χ0n) is 22.5. The zero-order chi connectivity index (χ0) is 27.2. The van der Waals surface area contributed by atoms with Crippen molar-refractivity contribution in [2.45, 2.75) is 13.8 Å². The number of aryl methyl sites for hydroxylation is 2. The number of hydrogen-bond donors (Lipinski definition) is 2. The van der Waals surface area contributed by atoms with E-state index in [1.807, 2.05) is 62.4 Å². The molecule has 1 aromatic heterocycles. The average molecular weight is 519 g/mol. The molecular formula is C31H32N7O+. The number of carbonyl (C=O) groups excluding carboxylic acids is 1. The van der Waals surface area contributed by atoms with Gasteiger partial charge < -0.3 is 20.4 Å². The predicted octanol–water partition coefficient (Wildman–Crippen LogP) is 5.85. The van der Waals surface area contributed by atoms with Gasteiger partial charge in [-0.2, -0.15) is 0 Å². The fourth-order valence-corrected chi connectivity index (χ4v) is 4.37. The van der Waals surface area contributed by atoms with Gasteiger partial charge in [-0.05, 0) is 73.3 Å². The fraction of sp³-hybridized carbons (Fsp3) is 0.226. The molecule has 0 spiro atoms. The number of nitrogens with one attached hydrogen (secondary N) is 2. The Morgan fingerprint density at radius 1 is 0.897 bits per heavy atom. The van der Waals surface area contributed by atoms with Crippen molar-refractivity contribution in [3.8, 4) is 6.07 Å². The minimum Gasteiger partial charge on any atom is -0.369 e. The minimum atomic E-state index is -0.246. The Balaban J connectivity index is 1.20. The van der Waals surface area contributed by atoms with E-state index >= 15 is 0 Å². The number of piperazine rings is 1. The van der Waals surface area contributed by atoms with Crippen molar-refractivity contribution in [3.05, 3.63) is 106 Å². The second-order valence-corrected chi connectivity index (χ2v) is 9.80. The van der Waals surface area contributed by atoms with Crippen LogP contribution in [0.1, 0.15) is 27.0 Å². The Bertz CT molecular complexity index is 1510. The van der Waals surface area contributed by atoms with Gasteiger partial charge in [0.2, 0.25) is 5.95 Å². The number of likely N-dealkylation sites (N-methyl/N-ethyl adjacent to an activating group) is 1. The van der Waals surface area contributed by atoms with Crippen LogP contribution in [0.4, 0.5) is 28.7 Å². The monoisotopic (exact) mass is 518 g/mol. The lowest BCUT2D eigenvalue weighted by Crippen LogP contribution is -2.44. The molecular weight excluding hydrogens is 486 g/mol. The molecule has 1 fully saturated rings. The molecule has 5 rings (SSSR count). The maximum atomic E-state index is 13.0. The Labute approximate surface area is 229 Å². The largest absolute Gasteiger partial charge is 0.369 e. The van der Waals surface area contributed by atoms with Crippen LogP contribution in [0.5, 0.6) is 0 Å². The molecule has 0 radical (unpaired) electrons. The molecule has 3 aromatic carbocycles. The van der Waals surface area contributed by atoms with Gasteiger partial charge >= 0.3 is 11.8 Å². The molecule has 8 heteroatoms. The quantitative estimate of drug-likeness (QED) is 0.345. The van der Waals surface area contributed by atoms with Crippen LogP contribution >= 0.6 is 0 Å². The molecule has 1 saturated heterocycles. The van der Waals surface area contributed by atoms with E-state index in [0.29, 0.717) is 22.9 Å². The predicted molar refractivity (Wildman–Crippen MR) is 158 cm³/mol. The molecule has 8 nitrogen and oxygen atoms in total. The van der Waals surface area contributed by atoms with Gasteiger partial charge in [-0.15, -0.1) is 0 Å².